The molecule has 0 aliphatic carbocycles. The van der Waals surface area contributed by atoms with Gasteiger partial charge >= 0.3 is 0 Å². The Morgan fingerprint density at radius 1 is 1.07 bits per heavy atom. The third-order valence-corrected chi connectivity index (χ3v) is 3.90. The lowest BCUT2D eigenvalue weighted by molar-refractivity contribution is -0.133. The minimum absolute atomic E-state index is 0.0936. The maximum Gasteiger partial charge on any atom is 0.244 e. The number of ether oxygens (including phenoxy) is 2. The molecule has 7 heteroatoms. The van der Waals surface area contributed by atoms with E-state index in [2.05, 4.69) is 5.32 Å². The molecule has 0 aromatic heterocycles. The Kier molecular flexibility index (Phi) is 6.78. The van der Waals surface area contributed by atoms with Gasteiger partial charge in [0.2, 0.25) is 11.8 Å². The van der Waals surface area contributed by atoms with Crippen LogP contribution < -0.4 is 14.8 Å². The van der Waals surface area contributed by atoms with Crippen molar-refractivity contribution in [3.8, 4) is 17.6 Å². The van der Waals surface area contributed by atoms with Gasteiger partial charge in [-0.15, -0.1) is 0 Å². The van der Waals surface area contributed by atoms with Gasteiger partial charge in [-0.2, -0.15) is 5.26 Å². The quantitative estimate of drug-likeness (QED) is 0.812. The standard InChI is InChI=1S/C20H21N3O4/c1-14(24)23(12-16-6-9-18(26-2)19(10-16)27-3)13-20(25)22-17-7-4-15(11-21)5-8-17/h4-10H,12-13H2,1-3H3,(H,22,25). The summed E-state index contributed by atoms with van der Waals surface area (Å²) in [6.07, 6.45) is 0. The molecule has 140 valence electrons. The zero-order valence-corrected chi connectivity index (χ0v) is 15.5. The Bertz CT molecular complexity index is 857. The fourth-order valence-electron chi connectivity index (χ4n) is 2.48. The highest BCUT2D eigenvalue weighted by atomic mass is 16.5. The monoisotopic (exact) mass is 367 g/mol. The normalized spacial score (nSPS) is 9.85. The maximum atomic E-state index is 12.3. The lowest BCUT2D eigenvalue weighted by Gasteiger charge is -2.21. The number of hydrogen-bond donors (Lipinski definition) is 1. The van der Waals surface area contributed by atoms with Gasteiger partial charge in [-0.3, -0.25) is 9.59 Å². The van der Waals surface area contributed by atoms with Crippen molar-refractivity contribution in [2.75, 3.05) is 26.1 Å². The molecule has 0 unspecified atom stereocenters. The van der Waals surface area contributed by atoms with Crippen molar-refractivity contribution >= 4 is 17.5 Å². The van der Waals surface area contributed by atoms with Crippen molar-refractivity contribution < 1.29 is 19.1 Å². The number of rotatable bonds is 7. The van der Waals surface area contributed by atoms with Gasteiger partial charge < -0.3 is 19.7 Å². The Balaban J connectivity index is 2.05. The predicted octanol–water partition coefficient (Wildman–Crippen LogP) is 2.56. The van der Waals surface area contributed by atoms with Crippen molar-refractivity contribution in [1.29, 1.82) is 5.26 Å². The molecule has 0 saturated heterocycles. The van der Waals surface area contributed by atoms with Crippen molar-refractivity contribution in [1.82, 2.24) is 4.90 Å². The molecule has 2 aromatic carbocycles. The molecule has 7 nitrogen and oxygen atoms in total. The first-order valence-corrected chi connectivity index (χ1v) is 8.23. The summed E-state index contributed by atoms with van der Waals surface area (Å²) in [5, 5.41) is 11.5. The van der Waals surface area contributed by atoms with Gasteiger partial charge in [-0.1, -0.05) is 6.07 Å². The van der Waals surface area contributed by atoms with Gasteiger partial charge in [-0.25, -0.2) is 0 Å². The molecule has 2 amide bonds. The molecule has 1 N–H and O–H groups in total. The first kappa shape index (κ1) is 19.8. The number of nitrogens with zero attached hydrogens (tertiary/aromatic N) is 2. The predicted molar refractivity (Wildman–Crippen MR) is 100 cm³/mol. The average molecular weight is 367 g/mol. The largest absolute Gasteiger partial charge is 0.493 e. The van der Waals surface area contributed by atoms with E-state index in [0.29, 0.717) is 22.7 Å². The van der Waals surface area contributed by atoms with Crippen molar-refractivity contribution in [2.24, 2.45) is 0 Å². The van der Waals surface area contributed by atoms with Crippen LogP contribution in [-0.4, -0.2) is 37.5 Å². The number of amides is 2. The van der Waals surface area contributed by atoms with Crippen molar-refractivity contribution in [3.05, 3.63) is 53.6 Å². The van der Waals surface area contributed by atoms with Crippen LogP contribution in [0, 0.1) is 11.3 Å². The smallest absolute Gasteiger partial charge is 0.244 e. The third kappa shape index (κ3) is 5.47. The molecule has 0 aliphatic rings. The molecule has 27 heavy (non-hydrogen) atoms. The number of carbonyl (C=O) groups excluding carboxylic acids is 2. The average Bonchev–Trinajstić information content (AvgIpc) is 2.67. The van der Waals surface area contributed by atoms with Crippen LogP contribution in [0.1, 0.15) is 18.1 Å². The van der Waals surface area contributed by atoms with Crippen LogP contribution in [0.25, 0.3) is 0 Å². The maximum absolute atomic E-state index is 12.3. The van der Waals surface area contributed by atoms with E-state index in [1.54, 1.807) is 43.5 Å². The molecule has 0 heterocycles. The highest BCUT2D eigenvalue weighted by Crippen LogP contribution is 2.28. The lowest BCUT2D eigenvalue weighted by atomic mass is 10.2. The number of nitrogens with one attached hydrogen (secondary N) is 1. The van der Waals surface area contributed by atoms with E-state index in [1.165, 1.54) is 18.9 Å². The molecule has 0 spiro atoms. The van der Waals surface area contributed by atoms with Gasteiger partial charge in [0.05, 0.1) is 25.9 Å². The second kappa shape index (κ2) is 9.25. The van der Waals surface area contributed by atoms with E-state index in [0.717, 1.165) is 5.56 Å². The second-order valence-electron chi connectivity index (χ2n) is 5.80. The van der Waals surface area contributed by atoms with E-state index in [1.807, 2.05) is 12.1 Å². The summed E-state index contributed by atoms with van der Waals surface area (Å²) in [5.74, 6) is 0.602. The summed E-state index contributed by atoms with van der Waals surface area (Å²) in [7, 11) is 3.09. The molecular weight excluding hydrogens is 346 g/mol. The molecule has 0 aliphatic heterocycles. The summed E-state index contributed by atoms with van der Waals surface area (Å²) in [4.78, 5) is 25.7. The number of benzene rings is 2. The van der Waals surface area contributed by atoms with Crippen molar-refractivity contribution in [2.45, 2.75) is 13.5 Å². The summed E-state index contributed by atoms with van der Waals surface area (Å²) in [6.45, 7) is 1.58. The van der Waals surface area contributed by atoms with Gasteiger partial charge in [0.15, 0.2) is 11.5 Å². The minimum Gasteiger partial charge on any atom is -0.493 e. The van der Waals surface area contributed by atoms with Crippen LogP contribution in [-0.2, 0) is 16.1 Å². The number of carbonyl (C=O) groups is 2. The third-order valence-electron chi connectivity index (χ3n) is 3.90. The number of anilines is 1. The lowest BCUT2D eigenvalue weighted by Crippen LogP contribution is -2.36. The molecule has 0 bridgehead atoms. The van der Waals surface area contributed by atoms with Gasteiger partial charge in [0, 0.05) is 19.2 Å². The van der Waals surface area contributed by atoms with E-state index in [4.69, 9.17) is 14.7 Å². The Morgan fingerprint density at radius 3 is 2.30 bits per heavy atom. The SMILES string of the molecule is COc1ccc(CN(CC(=O)Nc2ccc(C#N)cc2)C(C)=O)cc1OC. The van der Waals surface area contributed by atoms with E-state index >= 15 is 0 Å². The zero-order valence-electron chi connectivity index (χ0n) is 15.5. The van der Waals surface area contributed by atoms with Crippen LogP contribution in [0.3, 0.4) is 0 Å². The topological polar surface area (TPSA) is 91.7 Å². The van der Waals surface area contributed by atoms with Crippen LogP contribution in [0.4, 0.5) is 5.69 Å². The first-order valence-electron chi connectivity index (χ1n) is 8.23. The molecule has 0 atom stereocenters. The zero-order chi connectivity index (χ0) is 19.8. The van der Waals surface area contributed by atoms with E-state index in [-0.39, 0.29) is 24.9 Å². The van der Waals surface area contributed by atoms with Crippen molar-refractivity contribution in [3.63, 3.8) is 0 Å². The minimum atomic E-state index is -0.324. The van der Waals surface area contributed by atoms with Crippen LogP contribution in [0.2, 0.25) is 0 Å². The van der Waals surface area contributed by atoms with Crippen LogP contribution >= 0.6 is 0 Å². The van der Waals surface area contributed by atoms with Crippen LogP contribution in [0.5, 0.6) is 11.5 Å². The summed E-state index contributed by atoms with van der Waals surface area (Å²) in [6, 6.07) is 13.9. The molecule has 0 radical (unpaired) electrons. The Morgan fingerprint density at radius 2 is 1.74 bits per heavy atom. The van der Waals surface area contributed by atoms with E-state index < -0.39 is 0 Å². The molecule has 0 saturated carbocycles. The van der Waals surface area contributed by atoms with Gasteiger partial charge in [0.25, 0.3) is 0 Å². The number of nitriles is 1. The summed E-state index contributed by atoms with van der Waals surface area (Å²) < 4.78 is 10.5. The molecule has 2 rings (SSSR count). The highest BCUT2D eigenvalue weighted by molar-refractivity contribution is 5.94. The van der Waals surface area contributed by atoms with Gasteiger partial charge in [0.1, 0.15) is 6.54 Å². The van der Waals surface area contributed by atoms with Crippen LogP contribution in [0.15, 0.2) is 42.5 Å². The molecular formula is C20H21N3O4. The Hall–Kier alpha value is -3.53. The number of methoxy groups -OCH3 is 2. The first-order chi connectivity index (χ1) is 13.0. The second-order valence-corrected chi connectivity index (χ2v) is 5.80. The van der Waals surface area contributed by atoms with Gasteiger partial charge in [-0.05, 0) is 42.0 Å². The van der Waals surface area contributed by atoms with E-state index in [9.17, 15) is 9.59 Å². The molecule has 2 aromatic rings. The number of hydrogen-bond acceptors (Lipinski definition) is 5. The highest BCUT2D eigenvalue weighted by Gasteiger charge is 2.15. The summed E-state index contributed by atoms with van der Waals surface area (Å²) in [5.41, 5.74) is 1.88. The summed E-state index contributed by atoms with van der Waals surface area (Å²) >= 11 is 0. The fourth-order valence-corrected chi connectivity index (χ4v) is 2.48. The Labute approximate surface area is 158 Å². The molecule has 0 fully saturated rings. The fraction of sp³-hybridized carbons (Fsp3) is 0.250.